The number of fused-ring (bicyclic) bond motifs is 1. The van der Waals surface area contributed by atoms with E-state index in [0.717, 1.165) is 0 Å². The Morgan fingerprint density at radius 3 is 2.66 bits per heavy atom. The molecule has 0 bridgehead atoms. The molecule has 0 saturated carbocycles. The standard InChI is InChI=1S/C18H16Cl2N10O2/c1-28(11-8-32-9-11)15-13(6-24-29-7-14(20)27-17(15)29)26-18(31)25-10-4-12(19)16(21-5-10)30-22-2-3-23-30/h2-7,11H,8-9H2,1H3,(H2,25,26,31). The topological polar surface area (TPSA) is 127 Å². The molecular formula is C18H16Cl2N10O2. The molecular weight excluding hydrogens is 459 g/mol. The summed E-state index contributed by atoms with van der Waals surface area (Å²) >= 11 is 12.3. The molecule has 0 radical (unpaired) electrons. The third kappa shape index (κ3) is 3.79. The number of pyridine rings is 1. The van der Waals surface area contributed by atoms with Crippen LogP contribution in [-0.4, -0.2) is 66.9 Å². The van der Waals surface area contributed by atoms with E-state index in [9.17, 15) is 4.79 Å². The first-order chi connectivity index (χ1) is 15.5. The lowest BCUT2D eigenvalue weighted by Crippen LogP contribution is -2.47. The van der Waals surface area contributed by atoms with Gasteiger partial charge in [-0.05, 0) is 6.07 Å². The maximum Gasteiger partial charge on any atom is 0.323 e. The van der Waals surface area contributed by atoms with Crippen LogP contribution >= 0.6 is 23.2 Å². The number of amides is 2. The zero-order chi connectivity index (χ0) is 22.2. The number of aromatic nitrogens is 7. The van der Waals surface area contributed by atoms with Gasteiger partial charge >= 0.3 is 6.03 Å². The van der Waals surface area contributed by atoms with E-state index in [0.29, 0.717) is 46.9 Å². The fourth-order valence-corrected chi connectivity index (χ4v) is 3.63. The second kappa shape index (κ2) is 8.22. The van der Waals surface area contributed by atoms with E-state index < -0.39 is 6.03 Å². The molecule has 5 rings (SSSR count). The van der Waals surface area contributed by atoms with Gasteiger partial charge in [0, 0.05) is 7.05 Å². The predicted octanol–water partition coefficient (Wildman–Crippen LogP) is 2.49. The summed E-state index contributed by atoms with van der Waals surface area (Å²) in [5, 5.41) is 18.4. The lowest BCUT2D eigenvalue weighted by atomic mass is 10.2. The minimum absolute atomic E-state index is 0.145. The number of hydrogen-bond donors (Lipinski definition) is 2. The van der Waals surface area contributed by atoms with Crippen LogP contribution in [0, 0.1) is 0 Å². The van der Waals surface area contributed by atoms with Gasteiger partial charge in [0.05, 0.1) is 66.6 Å². The van der Waals surface area contributed by atoms with Crippen molar-refractivity contribution in [2.45, 2.75) is 6.04 Å². The molecule has 164 valence electrons. The molecule has 5 heterocycles. The summed E-state index contributed by atoms with van der Waals surface area (Å²) in [6.45, 7) is 1.15. The van der Waals surface area contributed by atoms with Crippen molar-refractivity contribution in [2.24, 2.45) is 0 Å². The van der Waals surface area contributed by atoms with Crippen LogP contribution in [0.2, 0.25) is 10.2 Å². The van der Waals surface area contributed by atoms with Crippen molar-refractivity contribution in [2.75, 3.05) is 35.8 Å². The molecule has 0 aromatic carbocycles. The predicted molar refractivity (Wildman–Crippen MR) is 118 cm³/mol. The van der Waals surface area contributed by atoms with Crippen molar-refractivity contribution in [1.29, 1.82) is 0 Å². The summed E-state index contributed by atoms with van der Waals surface area (Å²) < 4.78 is 6.86. The van der Waals surface area contributed by atoms with Gasteiger partial charge in [0.25, 0.3) is 0 Å². The normalized spacial score (nSPS) is 13.7. The van der Waals surface area contributed by atoms with Gasteiger partial charge in [-0.25, -0.2) is 19.3 Å². The molecule has 0 spiro atoms. The highest BCUT2D eigenvalue weighted by atomic mass is 35.5. The van der Waals surface area contributed by atoms with Crippen LogP contribution in [0.4, 0.5) is 21.9 Å². The second-order valence-electron chi connectivity index (χ2n) is 6.97. The molecule has 1 aliphatic heterocycles. The summed E-state index contributed by atoms with van der Waals surface area (Å²) in [5.41, 5.74) is 2.04. The number of anilines is 3. The molecule has 32 heavy (non-hydrogen) atoms. The number of urea groups is 1. The highest BCUT2D eigenvalue weighted by molar-refractivity contribution is 6.32. The molecule has 2 amide bonds. The summed E-state index contributed by atoms with van der Waals surface area (Å²) in [7, 11) is 1.90. The van der Waals surface area contributed by atoms with Crippen molar-refractivity contribution in [3.63, 3.8) is 0 Å². The minimum Gasteiger partial charge on any atom is -0.377 e. The third-order valence-corrected chi connectivity index (χ3v) is 5.35. The van der Waals surface area contributed by atoms with Gasteiger partial charge in [0.2, 0.25) is 0 Å². The quantitative estimate of drug-likeness (QED) is 0.451. The largest absolute Gasteiger partial charge is 0.377 e. The maximum atomic E-state index is 12.7. The van der Waals surface area contributed by atoms with E-state index in [1.54, 1.807) is 16.8 Å². The molecule has 0 atom stereocenters. The Morgan fingerprint density at radius 1 is 1.19 bits per heavy atom. The zero-order valence-corrected chi connectivity index (χ0v) is 18.1. The van der Waals surface area contributed by atoms with Gasteiger partial charge in [0.15, 0.2) is 11.5 Å². The Hall–Kier alpha value is -3.48. The number of nitrogens with zero attached hydrogens (tertiary/aromatic N) is 8. The number of likely N-dealkylation sites (N-methyl/N-ethyl adjacent to an activating group) is 1. The van der Waals surface area contributed by atoms with Crippen LogP contribution in [0.15, 0.2) is 37.1 Å². The molecule has 4 aromatic rings. The third-order valence-electron chi connectivity index (χ3n) is 4.89. The molecule has 0 aliphatic carbocycles. The van der Waals surface area contributed by atoms with Gasteiger partial charge in [0.1, 0.15) is 10.8 Å². The monoisotopic (exact) mass is 474 g/mol. The number of hydrogen-bond acceptors (Lipinski definition) is 8. The lowest BCUT2D eigenvalue weighted by molar-refractivity contribution is 0.0102. The summed E-state index contributed by atoms with van der Waals surface area (Å²) in [6, 6.07) is 1.20. The van der Waals surface area contributed by atoms with E-state index in [2.05, 4.69) is 35.9 Å². The second-order valence-corrected chi connectivity index (χ2v) is 7.76. The van der Waals surface area contributed by atoms with E-state index in [1.165, 1.54) is 29.6 Å². The number of imidazole rings is 1. The molecule has 1 saturated heterocycles. The first-order valence-electron chi connectivity index (χ1n) is 9.44. The van der Waals surface area contributed by atoms with Crippen molar-refractivity contribution >= 4 is 51.9 Å². The van der Waals surface area contributed by atoms with Crippen LogP contribution < -0.4 is 15.5 Å². The fraction of sp³-hybridized carbons (Fsp3) is 0.222. The summed E-state index contributed by atoms with van der Waals surface area (Å²) in [4.78, 5) is 24.6. The van der Waals surface area contributed by atoms with Crippen LogP contribution in [0.3, 0.4) is 0 Å². The van der Waals surface area contributed by atoms with Gasteiger partial charge in [-0.3, -0.25) is 0 Å². The van der Waals surface area contributed by atoms with Gasteiger partial charge in [-0.15, -0.1) is 4.80 Å². The first-order valence-corrected chi connectivity index (χ1v) is 10.2. The highest BCUT2D eigenvalue weighted by Gasteiger charge is 2.28. The van der Waals surface area contributed by atoms with Crippen molar-refractivity contribution < 1.29 is 9.53 Å². The Morgan fingerprint density at radius 2 is 1.97 bits per heavy atom. The Labute approximate surface area is 191 Å². The van der Waals surface area contributed by atoms with Crippen LogP contribution in [0.5, 0.6) is 0 Å². The van der Waals surface area contributed by atoms with Gasteiger partial charge in [-0.1, -0.05) is 23.2 Å². The number of carbonyl (C=O) groups excluding carboxylic acids is 1. The lowest BCUT2D eigenvalue weighted by Gasteiger charge is -2.36. The van der Waals surface area contributed by atoms with Crippen molar-refractivity contribution in [3.05, 3.63) is 47.2 Å². The van der Waals surface area contributed by atoms with E-state index >= 15 is 0 Å². The van der Waals surface area contributed by atoms with Crippen LogP contribution in [-0.2, 0) is 4.74 Å². The molecule has 4 aromatic heterocycles. The summed E-state index contributed by atoms with van der Waals surface area (Å²) in [6.07, 6.45) is 7.62. The summed E-state index contributed by atoms with van der Waals surface area (Å²) in [5.74, 6) is 0.347. The average molecular weight is 475 g/mol. The van der Waals surface area contributed by atoms with E-state index in [4.69, 9.17) is 27.9 Å². The number of ether oxygens (including phenoxy) is 1. The van der Waals surface area contributed by atoms with E-state index in [1.807, 2.05) is 11.9 Å². The molecule has 12 nitrogen and oxygen atoms in total. The highest BCUT2D eigenvalue weighted by Crippen LogP contribution is 2.32. The molecule has 0 unspecified atom stereocenters. The zero-order valence-electron chi connectivity index (χ0n) is 16.6. The van der Waals surface area contributed by atoms with Crippen LogP contribution in [0.1, 0.15) is 0 Å². The molecule has 14 heteroatoms. The number of halogens is 2. The Kier molecular flexibility index (Phi) is 5.25. The number of carbonyl (C=O) groups is 1. The molecule has 1 aliphatic rings. The first kappa shape index (κ1) is 20.4. The molecule has 2 N–H and O–H groups in total. The van der Waals surface area contributed by atoms with Gasteiger partial charge < -0.3 is 20.3 Å². The van der Waals surface area contributed by atoms with Gasteiger partial charge in [-0.2, -0.15) is 15.3 Å². The fourth-order valence-electron chi connectivity index (χ4n) is 3.22. The minimum atomic E-state index is -0.504. The Balaban J connectivity index is 1.39. The molecule has 1 fully saturated rings. The smallest absolute Gasteiger partial charge is 0.323 e. The van der Waals surface area contributed by atoms with Crippen molar-refractivity contribution in [3.8, 4) is 5.82 Å². The maximum absolute atomic E-state index is 12.7. The number of rotatable bonds is 5. The number of nitrogens with one attached hydrogen (secondary N) is 2. The van der Waals surface area contributed by atoms with Crippen molar-refractivity contribution in [1.82, 2.24) is 34.6 Å². The average Bonchev–Trinajstić information content (AvgIpc) is 3.35. The Bertz CT molecular complexity index is 1290. The van der Waals surface area contributed by atoms with E-state index in [-0.39, 0.29) is 11.1 Å². The SMILES string of the molecule is CN(c1c(NC(=O)Nc2cnc(-n3nccn3)c(Cl)c2)cnn2cc(Cl)nc12)C1COC1. The van der Waals surface area contributed by atoms with Crippen LogP contribution in [0.25, 0.3) is 11.5 Å².